The second-order valence-corrected chi connectivity index (χ2v) is 7.08. The first-order valence-corrected chi connectivity index (χ1v) is 8.86. The third-order valence-corrected chi connectivity index (χ3v) is 5.52. The monoisotopic (exact) mass is 280 g/mol. The second-order valence-electron chi connectivity index (χ2n) is 7.08. The Morgan fingerprint density at radius 1 is 1.05 bits per heavy atom. The molecule has 0 radical (unpaired) electrons. The Kier molecular flexibility index (Phi) is 6.38. The zero-order chi connectivity index (χ0) is 14.4. The Morgan fingerprint density at radius 3 is 2.45 bits per heavy atom. The largest absolute Gasteiger partial charge is 0.463 e. The van der Waals surface area contributed by atoms with Gasteiger partial charge in [-0.2, -0.15) is 0 Å². The minimum absolute atomic E-state index is 0.0982. The fourth-order valence-corrected chi connectivity index (χ4v) is 4.39. The lowest BCUT2D eigenvalue weighted by molar-refractivity contribution is -0.149. The SMILES string of the molecule is CCCC[C@H]1CC[C@@H]([C@@H]2CCC[C@@H](OC(C)=O)C2)CC1. The normalized spacial score (nSPS) is 34.7. The van der Waals surface area contributed by atoms with Crippen molar-refractivity contribution in [3.63, 3.8) is 0 Å². The Balaban J connectivity index is 1.74. The van der Waals surface area contributed by atoms with Crippen LogP contribution in [0.2, 0.25) is 0 Å². The molecule has 2 nitrogen and oxygen atoms in total. The molecule has 2 rings (SSSR count). The molecule has 2 atom stereocenters. The Hall–Kier alpha value is -0.530. The molecule has 2 fully saturated rings. The molecule has 2 aliphatic rings. The Bertz CT molecular complexity index is 292. The quantitative estimate of drug-likeness (QED) is 0.654. The van der Waals surface area contributed by atoms with Gasteiger partial charge in [-0.15, -0.1) is 0 Å². The zero-order valence-corrected chi connectivity index (χ0v) is 13.4. The van der Waals surface area contributed by atoms with E-state index in [0.29, 0.717) is 0 Å². The predicted molar refractivity (Wildman–Crippen MR) is 82.5 cm³/mol. The molecule has 0 aromatic rings. The summed E-state index contributed by atoms with van der Waals surface area (Å²) in [7, 11) is 0. The van der Waals surface area contributed by atoms with Crippen molar-refractivity contribution in [3.8, 4) is 0 Å². The molecule has 0 saturated heterocycles. The van der Waals surface area contributed by atoms with Gasteiger partial charge in [0.15, 0.2) is 0 Å². The highest BCUT2D eigenvalue weighted by molar-refractivity contribution is 5.66. The maximum atomic E-state index is 11.1. The van der Waals surface area contributed by atoms with Crippen molar-refractivity contribution in [3.05, 3.63) is 0 Å². The van der Waals surface area contributed by atoms with Crippen molar-refractivity contribution >= 4 is 5.97 Å². The van der Waals surface area contributed by atoms with E-state index in [1.165, 1.54) is 57.8 Å². The third-order valence-electron chi connectivity index (χ3n) is 5.52. The highest BCUT2D eigenvalue weighted by Gasteiger charge is 2.32. The van der Waals surface area contributed by atoms with E-state index in [1.807, 2.05) is 0 Å². The first-order chi connectivity index (χ1) is 9.69. The van der Waals surface area contributed by atoms with Crippen LogP contribution in [0.3, 0.4) is 0 Å². The number of carbonyl (C=O) groups excluding carboxylic acids is 1. The van der Waals surface area contributed by atoms with Gasteiger partial charge in [0.2, 0.25) is 0 Å². The van der Waals surface area contributed by atoms with E-state index in [-0.39, 0.29) is 12.1 Å². The van der Waals surface area contributed by atoms with Crippen LogP contribution in [0, 0.1) is 17.8 Å². The maximum absolute atomic E-state index is 11.1. The van der Waals surface area contributed by atoms with Crippen LogP contribution in [0.4, 0.5) is 0 Å². The van der Waals surface area contributed by atoms with Gasteiger partial charge in [0.25, 0.3) is 0 Å². The van der Waals surface area contributed by atoms with Gasteiger partial charge in [0, 0.05) is 6.92 Å². The molecule has 0 aliphatic heterocycles. The number of ether oxygens (including phenoxy) is 1. The highest BCUT2D eigenvalue weighted by atomic mass is 16.5. The lowest BCUT2D eigenvalue weighted by Crippen LogP contribution is -2.30. The van der Waals surface area contributed by atoms with E-state index in [4.69, 9.17) is 4.74 Å². The fourth-order valence-electron chi connectivity index (χ4n) is 4.39. The molecule has 2 aliphatic carbocycles. The number of hydrogen-bond acceptors (Lipinski definition) is 2. The van der Waals surface area contributed by atoms with Gasteiger partial charge in [-0.1, -0.05) is 39.0 Å². The smallest absolute Gasteiger partial charge is 0.302 e. The molecule has 0 aromatic heterocycles. The van der Waals surface area contributed by atoms with Crippen LogP contribution in [0.15, 0.2) is 0 Å². The van der Waals surface area contributed by atoms with Crippen molar-refractivity contribution in [1.82, 2.24) is 0 Å². The molecule has 116 valence electrons. The number of esters is 1. The van der Waals surface area contributed by atoms with Crippen LogP contribution >= 0.6 is 0 Å². The van der Waals surface area contributed by atoms with Crippen molar-refractivity contribution in [2.45, 2.75) is 90.6 Å². The summed E-state index contributed by atoms with van der Waals surface area (Å²) in [6.45, 7) is 3.84. The lowest BCUT2D eigenvalue weighted by Gasteiger charge is -2.38. The number of unbranched alkanes of at least 4 members (excludes halogenated alkanes) is 1. The Morgan fingerprint density at radius 2 is 1.80 bits per heavy atom. The topological polar surface area (TPSA) is 26.3 Å². The Labute approximate surface area is 124 Å². The molecule has 0 bridgehead atoms. The van der Waals surface area contributed by atoms with E-state index in [2.05, 4.69) is 6.92 Å². The minimum atomic E-state index is -0.0982. The van der Waals surface area contributed by atoms with Gasteiger partial charge < -0.3 is 4.74 Å². The van der Waals surface area contributed by atoms with E-state index >= 15 is 0 Å². The van der Waals surface area contributed by atoms with E-state index < -0.39 is 0 Å². The molecule has 2 heteroatoms. The van der Waals surface area contributed by atoms with Crippen LogP contribution in [0.5, 0.6) is 0 Å². The standard InChI is InChI=1S/C18H32O2/c1-3-4-6-15-9-11-16(12-10-15)17-7-5-8-18(13-17)20-14(2)19/h15-18H,3-13H2,1-2H3/t15-,16+,17-,18-/m1/s1. The summed E-state index contributed by atoms with van der Waals surface area (Å²) in [5.74, 6) is 2.63. The van der Waals surface area contributed by atoms with Crippen molar-refractivity contribution in [2.75, 3.05) is 0 Å². The fraction of sp³-hybridized carbons (Fsp3) is 0.944. The summed E-state index contributed by atoms with van der Waals surface area (Å²) < 4.78 is 5.45. The van der Waals surface area contributed by atoms with Gasteiger partial charge in [0.1, 0.15) is 6.10 Å². The molecule has 2 saturated carbocycles. The van der Waals surface area contributed by atoms with Crippen LogP contribution in [0.1, 0.15) is 84.5 Å². The van der Waals surface area contributed by atoms with Gasteiger partial charge in [0.05, 0.1) is 0 Å². The van der Waals surface area contributed by atoms with Crippen LogP contribution in [0.25, 0.3) is 0 Å². The molecule has 0 heterocycles. The average molecular weight is 280 g/mol. The summed E-state index contributed by atoms with van der Waals surface area (Å²) in [5.41, 5.74) is 0. The zero-order valence-electron chi connectivity index (χ0n) is 13.4. The van der Waals surface area contributed by atoms with Gasteiger partial charge in [-0.3, -0.25) is 4.79 Å². The minimum Gasteiger partial charge on any atom is -0.463 e. The maximum Gasteiger partial charge on any atom is 0.302 e. The van der Waals surface area contributed by atoms with Crippen molar-refractivity contribution in [1.29, 1.82) is 0 Å². The third kappa shape index (κ3) is 4.79. The van der Waals surface area contributed by atoms with Gasteiger partial charge in [-0.25, -0.2) is 0 Å². The van der Waals surface area contributed by atoms with Crippen LogP contribution < -0.4 is 0 Å². The summed E-state index contributed by atoms with van der Waals surface area (Å²) in [4.78, 5) is 11.1. The van der Waals surface area contributed by atoms with E-state index in [0.717, 1.165) is 30.6 Å². The van der Waals surface area contributed by atoms with Gasteiger partial charge in [-0.05, 0) is 56.3 Å². The molecular weight excluding hydrogens is 248 g/mol. The molecule has 20 heavy (non-hydrogen) atoms. The second kappa shape index (κ2) is 8.05. The van der Waals surface area contributed by atoms with E-state index in [9.17, 15) is 4.79 Å². The van der Waals surface area contributed by atoms with Crippen LogP contribution in [-0.4, -0.2) is 12.1 Å². The molecule has 0 amide bonds. The first-order valence-electron chi connectivity index (χ1n) is 8.86. The average Bonchev–Trinajstić information content (AvgIpc) is 2.45. The molecule has 0 aromatic carbocycles. The van der Waals surface area contributed by atoms with Gasteiger partial charge >= 0.3 is 5.97 Å². The number of rotatable bonds is 5. The van der Waals surface area contributed by atoms with Crippen molar-refractivity contribution < 1.29 is 9.53 Å². The molecular formula is C18H32O2. The molecule has 0 spiro atoms. The number of carbonyl (C=O) groups is 1. The summed E-state index contributed by atoms with van der Waals surface area (Å²) >= 11 is 0. The molecule has 0 unspecified atom stereocenters. The summed E-state index contributed by atoms with van der Waals surface area (Å²) in [6.07, 6.45) is 15.0. The highest BCUT2D eigenvalue weighted by Crippen LogP contribution is 2.41. The number of hydrogen-bond donors (Lipinski definition) is 0. The first kappa shape index (κ1) is 15.9. The van der Waals surface area contributed by atoms with E-state index in [1.54, 1.807) is 6.92 Å². The van der Waals surface area contributed by atoms with Crippen molar-refractivity contribution in [2.24, 2.45) is 17.8 Å². The molecule has 0 N–H and O–H groups in total. The predicted octanol–water partition coefficient (Wildman–Crippen LogP) is 5.10. The lowest BCUT2D eigenvalue weighted by atomic mass is 9.70. The van der Waals surface area contributed by atoms with Crippen LogP contribution in [-0.2, 0) is 9.53 Å². The summed E-state index contributed by atoms with van der Waals surface area (Å²) in [6, 6.07) is 0. The summed E-state index contributed by atoms with van der Waals surface area (Å²) in [5, 5.41) is 0.